The van der Waals surface area contributed by atoms with Gasteiger partial charge in [0.1, 0.15) is 24.1 Å². The number of hydrogen-bond donors (Lipinski definition) is 1. The average Bonchev–Trinajstić information content (AvgIpc) is 2.64. The molecule has 2 aromatic rings. The van der Waals surface area contributed by atoms with Crippen molar-refractivity contribution in [2.24, 2.45) is 0 Å². The summed E-state index contributed by atoms with van der Waals surface area (Å²) < 4.78 is 36.4. The van der Waals surface area contributed by atoms with Crippen molar-refractivity contribution in [3.63, 3.8) is 0 Å². The first-order valence-corrected chi connectivity index (χ1v) is 11.2. The van der Waals surface area contributed by atoms with Gasteiger partial charge in [0.15, 0.2) is 0 Å². The van der Waals surface area contributed by atoms with Gasteiger partial charge >= 0.3 is 0 Å². The molecule has 0 saturated heterocycles. The van der Waals surface area contributed by atoms with E-state index in [0.29, 0.717) is 11.5 Å². The summed E-state index contributed by atoms with van der Waals surface area (Å²) in [7, 11) is -2.27. The van der Waals surface area contributed by atoms with Gasteiger partial charge in [0.25, 0.3) is 0 Å². The van der Waals surface area contributed by atoms with Gasteiger partial charge in [-0.05, 0) is 49.7 Å². The summed E-state index contributed by atoms with van der Waals surface area (Å²) in [5.41, 5.74) is 1.35. The Bertz CT molecular complexity index is 965. The quantitative estimate of drug-likeness (QED) is 0.606. The van der Waals surface area contributed by atoms with E-state index in [1.165, 1.54) is 26.2 Å². The first-order valence-electron chi connectivity index (χ1n) is 8.93. The van der Waals surface area contributed by atoms with E-state index >= 15 is 0 Å². The number of nitrogens with zero attached hydrogens (tertiary/aromatic N) is 1. The number of carbonyl (C=O) groups excluding carboxylic acids is 1. The van der Waals surface area contributed by atoms with Crippen LogP contribution in [0.15, 0.2) is 42.5 Å². The molecule has 0 fully saturated rings. The fourth-order valence-electron chi connectivity index (χ4n) is 2.80. The fourth-order valence-corrected chi connectivity index (χ4v) is 4.22. The number of nitrogens with one attached hydrogen (secondary N) is 1. The minimum absolute atomic E-state index is 0.234. The Hall–Kier alpha value is -2.45. The smallest absolute Gasteiger partial charge is 0.243 e. The minimum Gasteiger partial charge on any atom is -0.495 e. The van der Waals surface area contributed by atoms with Crippen LogP contribution in [0, 0.1) is 6.92 Å². The van der Waals surface area contributed by atoms with Gasteiger partial charge in [-0.1, -0.05) is 23.7 Å². The molecule has 158 valence electrons. The summed E-state index contributed by atoms with van der Waals surface area (Å²) in [4.78, 5) is 12.5. The number of anilines is 1. The van der Waals surface area contributed by atoms with Crippen LogP contribution in [0.2, 0.25) is 5.02 Å². The second-order valence-electron chi connectivity index (χ2n) is 6.51. The first kappa shape index (κ1) is 22.8. The van der Waals surface area contributed by atoms with Crippen molar-refractivity contribution in [2.75, 3.05) is 30.8 Å². The van der Waals surface area contributed by atoms with Gasteiger partial charge in [-0.3, -0.25) is 9.10 Å². The normalized spacial score (nSPS) is 12.2. The largest absolute Gasteiger partial charge is 0.495 e. The van der Waals surface area contributed by atoms with Gasteiger partial charge < -0.3 is 14.8 Å². The molecule has 29 heavy (non-hydrogen) atoms. The number of methoxy groups -OCH3 is 1. The number of hydrogen-bond acceptors (Lipinski definition) is 5. The van der Waals surface area contributed by atoms with Gasteiger partial charge in [-0.2, -0.15) is 0 Å². The second-order valence-corrected chi connectivity index (χ2v) is 8.78. The summed E-state index contributed by atoms with van der Waals surface area (Å²) in [6.07, 6.45) is 1.04. The van der Waals surface area contributed by atoms with Crippen LogP contribution in [-0.2, 0) is 14.8 Å². The van der Waals surface area contributed by atoms with Gasteiger partial charge in [0.2, 0.25) is 15.9 Å². The van der Waals surface area contributed by atoms with Gasteiger partial charge in [0, 0.05) is 0 Å². The molecule has 0 aromatic heterocycles. The third kappa shape index (κ3) is 6.27. The van der Waals surface area contributed by atoms with Crippen LogP contribution in [0.1, 0.15) is 12.5 Å². The van der Waals surface area contributed by atoms with Crippen molar-refractivity contribution in [3.8, 4) is 11.5 Å². The van der Waals surface area contributed by atoms with Gasteiger partial charge in [-0.15, -0.1) is 0 Å². The summed E-state index contributed by atoms with van der Waals surface area (Å²) in [6, 6.07) is 11.1. The molecule has 7 nitrogen and oxygen atoms in total. The van der Waals surface area contributed by atoms with Gasteiger partial charge in [0.05, 0.1) is 30.6 Å². The van der Waals surface area contributed by atoms with E-state index in [9.17, 15) is 13.2 Å². The number of halogens is 1. The highest BCUT2D eigenvalue weighted by atomic mass is 35.5. The van der Waals surface area contributed by atoms with E-state index in [2.05, 4.69) is 5.32 Å². The molecule has 0 bridgehead atoms. The SMILES string of the molecule is COc1ccc(N([C@H](C)C(=O)NCCOc2cccc(C)c2)S(C)(=O)=O)cc1Cl. The third-order valence-corrected chi connectivity index (χ3v) is 5.67. The van der Waals surface area contributed by atoms with Crippen molar-refractivity contribution in [3.05, 3.63) is 53.1 Å². The average molecular weight is 441 g/mol. The number of amides is 1. The summed E-state index contributed by atoms with van der Waals surface area (Å²) in [5.74, 6) is 0.669. The molecule has 2 rings (SSSR count). The van der Waals surface area contributed by atoms with Crippen LogP contribution in [0.5, 0.6) is 11.5 Å². The lowest BCUT2D eigenvalue weighted by molar-refractivity contribution is -0.121. The molecule has 0 unspecified atom stereocenters. The molecule has 0 saturated carbocycles. The van der Waals surface area contributed by atoms with Crippen LogP contribution >= 0.6 is 11.6 Å². The van der Waals surface area contributed by atoms with Crippen LogP contribution in [0.25, 0.3) is 0 Å². The van der Waals surface area contributed by atoms with Crippen molar-refractivity contribution < 1.29 is 22.7 Å². The Morgan fingerprint density at radius 2 is 1.97 bits per heavy atom. The summed E-state index contributed by atoms with van der Waals surface area (Å²) in [5, 5.41) is 2.95. The molecule has 0 aliphatic carbocycles. The Morgan fingerprint density at radius 1 is 1.24 bits per heavy atom. The standard InChI is InChI=1S/C20H25ClN2O5S/c1-14-6-5-7-17(12-14)28-11-10-22-20(24)15(2)23(29(4,25)26)16-8-9-19(27-3)18(21)13-16/h5-9,12-13,15H,10-11H2,1-4H3,(H,22,24)/t15-/m1/s1. The molecule has 1 atom stereocenters. The van der Waals surface area contributed by atoms with Crippen LogP contribution in [0.3, 0.4) is 0 Å². The topological polar surface area (TPSA) is 84.9 Å². The molecule has 0 aliphatic heterocycles. The third-order valence-electron chi connectivity index (χ3n) is 4.14. The van der Waals surface area contributed by atoms with Crippen LogP contribution in [0.4, 0.5) is 5.69 Å². The zero-order chi connectivity index (χ0) is 21.6. The number of carbonyl (C=O) groups is 1. The Balaban J connectivity index is 2.04. The molecule has 0 radical (unpaired) electrons. The number of aryl methyl sites for hydroxylation is 1. The summed E-state index contributed by atoms with van der Waals surface area (Å²) in [6.45, 7) is 3.96. The monoisotopic (exact) mass is 440 g/mol. The molecule has 0 heterocycles. The number of benzene rings is 2. The predicted octanol–water partition coefficient (Wildman–Crippen LogP) is 3.01. The zero-order valence-corrected chi connectivity index (χ0v) is 18.4. The maximum Gasteiger partial charge on any atom is 0.243 e. The van der Waals surface area contributed by atoms with Crippen LogP contribution < -0.4 is 19.1 Å². The fraction of sp³-hybridized carbons (Fsp3) is 0.350. The highest BCUT2D eigenvalue weighted by Gasteiger charge is 2.29. The molecule has 0 spiro atoms. The minimum atomic E-state index is -3.74. The number of ether oxygens (including phenoxy) is 2. The van der Waals surface area contributed by atoms with Gasteiger partial charge in [-0.25, -0.2) is 8.42 Å². The summed E-state index contributed by atoms with van der Waals surface area (Å²) >= 11 is 6.12. The molecular weight excluding hydrogens is 416 g/mol. The van der Waals surface area contributed by atoms with E-state index in [0.717, 1.165) is 16.1 Å². The maximum absolute atomic E-state index is 12.5. The lowest BCUT2D eigenvalue weighted by atomic mass is 10.2. The van der Waals surface area contributed by atoms with E-state index in [1.54, 1.807) is 6.07 Å². The lowest BCUT2D eigenvalue weighted by Crippen LogP contribution is -2.48. The molecule has 9 heteroatoms. The number of rotatable bonds is 9. The highest BCUT2D eigenvalue weighted by molar-refractivity contribution is 7.92. The van der Waals surface area contributed by atoms with E-state index in [-0.39, 0.29) is 23.9 Å². The first-order chi connectivity index (χ1) is 13.6. The molecular formula is C20H25ClN2O5S. The van der Waals surface area contributed by atoms with Crippen molar-refractivity contribution >= 4 is 33.2 Å². The van der Waals surface area contributed by atoms with E-state index in [4.69, 9.17) is 21.1 Å². The predicted molar refractivity (Wildman–Crippen MR) is 114 cm³/mol. The van der Waals surface area contributed by atoms with Crippen molar-refractivity contribution in [1.82, 2.24) is 5.32 Å². The van der Waals surface area contributed by atoms with E-state index in [1.807, 2.05) is 31.2 Å². The maximum atomic E-state index is 12.5. The Morgan fingerprint density at radius 3 is 2.55 bits per heavy atom. The Kier molecular flexibility index (Phi) is 7.75. The molecule has 1 N–H and O–H groups in total. The Labute approximate surface area is 176 Å². The zero-order valence-electron chi connectivity index (χ0n) is 16.8. The van der Waals surface area contributed by atoms with Crippen LogP contribution in [-0.4, -0.2) is 46.9 Å². The molecule has 1 amide bonds. The highest BCUT2D eigenvalue weighted by Crippen LogP contribution is 2.31. The van der Waals surface area contributed by atoms with Crippen molar-refractivity contribution in [2.45, 2.75) is 19.9 Å². The number of sulfonamides is 1. The molecule has 0 aliphatic rings. The molecule has 2 aromatic carbocycles. The second kappa shape index (κ2) is 9.84. The van der Waals surface area contributed by atoms with E-state index < -0.39 is 22.0 Å². The van der Waals surface area contributed by atoms with Crippen molar-refractivity contribution in [1.29, 1.82) is 0 Å². The lowest BCUT2D eigenvalue weighted by Gasteiger charge is -2.28.